The number of hydrogen-bond donors (Lipinski definition) is 2. The van der Waals surface area contributed by atoms with Gasteiger partial charge in [0.2, 0.25) is 0 Å². The Hall–Kier alpha value is -2.67. The first kappa shape index (κ1) is 17.2. The van der Waals surface area contributed by atoms with Crippen molar-refractivity contribution in [2.45, 2.75) is 32.4 Å². The average molecular weight is 346 g/mol. The second kappa shape index (κ2) is 6.00. The van der Waals surface area contributed by atoms with Crippen molar-refractivity contribution in [3.05, 3.63) is 58.8 Å². The number of aliphatic hydroxyl groups is 1. The molecule has 3 amide bonds. The largest absolute Gasteiger partial charge is 0.466 e. The first-order chi connectivity index (χ1) is 11.7. The lowest BCUT2D eigenvalue weighted by Gasteiger charge is -2.22. The summed E-state index contributed by atoms with van der Waals surface area (Å²) < 4.78 is 19.3. The maximum atomic E-state index is 13.8. The molecule has 1 fully saturated rings. The van der Waals surface area contributed by atoms with Crippen LogP contribution in [0.3, 0.4) is 0 Å². The van der Waals surface area contributed by atoms with Crippen molar-refractivity contribution >= 4 is 11.9 Å². The van der Waals surface area contributed by atoms with Crippen molar-refractivity contribution in [2.24, 2.45) is 0 Å². The molecule has 1 aliphatic heterocycles. The van der Waals surface area contributed by atoms with E-state index in [1.54, 1.807) is 32.9 Å². The fourth-order valence-corrected chi connectivity index (χ4v) is 3.19. The van der Waals surface area contributed by atoms with Gasteiger partial charge in [0.25, 0.3) is 5.91 Å². The molecule has 1 aromatic heterocycles. The molecule has 0 unspecified atom stereocenters. The van der Waals surface area contributed by atoms with E-state index in [1.807, 2.05) is 0 Å². The quantitative estimate of drug-likeness (QED) is 0.834. The standard InChI is InChI=1S/C18H19FN2O4/c1-10-8-13(11(2)25-10)18(3)16(23)21(17(24)20-18)9-15(22)12-6-4-5-7-14(12)19/h4-8,15,22H,9H2,1-3H3,(H,20,24)/t15-,18+/m1/s1. The molecule has 2 N–H and O–H groups in total. The SMILES string of the molecule is Cc1cc([C@]2(C)NC(=O)N(C[C@@H](O)c3ccccc3F)C2=O)c(C)o1. The minimum absolute atomic E-state index is 0.0343. The summed E-state index contributed by atoms with van der Waals surface area (Å²) in [6.07, 6.45) is -1.31. The number of benzene rings is 1. The van der Waals surface area contributed by atoms with Crippen molar-refractivity contribution in [2.75, 3.05) is 6.54 Å². The van der Waals surface area contributed by atoms with Crippen LogP contribution in [0.4, 0.5) is 9.18 Å². The monoisotopic (exact) mass is 346 g/mol. The number of aliphatic hydroxyl groups excluding tert-OH is 1. The zero-order chi connectivity index (χ0) is 18.4. The molecule has 1 aromatic carbocycles. The number of aryl methyl sites for hydroxylation is 2. The van der Waals surface area contributed by atoms with Crippen LogP contribution in [-0.2, 0) is 10.3 Å². The smallest absolute Gasteiger partial charge is 0.325 e. The van der Waals surface area contributed by atoms with E-state index in [0.29, 0.717) is 17.1 Å². The van der Waals surface area contributed by atoms with Crippen LogP contribution in [-0.4, -0.2) is 28.5 Å². The fraction of sp³-hybridized carbons (Fsp3) is 0.333. The summed E-state index contributed by atoms with van der Waals surface area (Å²) in [5.74, 6) is 0.0497. The lowest BCUT2D eigenvalue weighted by atomic mass is 9.92. The van der Waals surface area contributed by atoms with E-state index >= 15 is 0 Å². The molecule has 2 aromatic rings. The van der Waals surface area contributed by atoms with Gasteiger partial charge in [-0.05, 0) is 32.9 Å². The van der Waals surface area contributed by atoms with E-state index in [2.05, 4.69) is 5.32 Å². The number of carbonyl (C=O) groups is 2. The second-order valence-corrected chi connectivity index (χ2v) is 6.34. The molecule has 25 heavy (non-hydrogen) atoms. The van der Waals surface area contributed by atoms with E-state index in [9.17, 15) is 19.1 Å². The van der Waals surface area contributed by atoms with Gasteiger partial charge in [-0.2, -0.15) is 0 Å². The molecule has 3 rings (SSSR count). The molecule has 0 spiro atoms. The number of imide groups is 1. The highest BCUT2D eigenvalue weighted by Gasteiger charge is 2.51. The highest BCUT2D eigenvalue weighted by atomic mass is 19.1. The summed E-state index contributed by atoms with van der Waals surface area (Å²) in [7, 11) is 0. The van der Waals surface area contributed by atoms with Gasteiger partial charge in [-0.25, -0.2) is 9.18 Å². The summed E-state index contributed by atoms with van der Waals surface area (Å²) in [6.45, 7) is 4.71. The van der Waals surface area contributed by atoms with Crippen LogP contribution in [0.1, 0.15) is 35.7 Å². The van der Waals surface area contributed by atoms with E-state index in [-0.39, 0.29) is 12.1 Å². The van der Waals surface area contributed by atoms with Crippen molar-refractivity contribution in [1.29, 1.82) is 0 Å². The predicted molar refractivity (Wildman–Crippen MR) is 87.1 cm³/mol. The summed E-state index contributed by atoms with van der Waals surface area (Å²) in [6, 6.07) is 6.77. The number of furan rings is 1. The van der Waals surface area contributed by atoms with Gasteiger partial charge < -0.3 is 14.8 Å². The van der Waals surface area contributed by atoms with Crippen LogP contribution < -0.4 is 5.32 Å². The molecule has 0 radical (unpaired) electrons. The molecule has 2 atom stereocenters. The molecular formula is C18H19FN2O4. The number of β-amino-alcohol motifs (C(OH)–C–C–N with tert-alkyl or cyclic N) is 1. The fourth-order valence-electron chi connectivity index (χ4n) is 3.19. The van der Waals surface area contributed by atoms with Crippen LogP contribution in [0, 0.1) is 19.7 Å². The minimum Gasteiger partial charge on any atom is -0.466 e. The number of nitrogens with one attached hydrogen (secondary N) is 1. The number of carbonyl (C=O) groups excluding carboxylic acids is 2. The van der Waals surface area contributed by atoms with E-state index in [4.69, 9.17) is 4.42 Å². The van der Waals surface area contributed by atoms with E-state index < -0.39 is 29.4 Å². The second-order valence-electron chi connectivity index (χ2n) is 6.34. The van der Waals surface area contributed by atoms with Gasteiger partial charge in [-0.3, -0.25) is 9.69 Å². The van der Waals surface area contributed by atoms with Crippen molar-refractivity contribution in [1.82, 2.24) is 10.2 Å². The maximum absolute atomic E-state index is 13.8. The maximum Gasteiger partial charge on any atom is 0.325 e. The third kappa shape index (κ3) is 2.80. The van der Waals surface area contributed by atoms with Crippen LogP contribution >= 0.6 is 0 Å². The Kier molecular flexibility index (Phi) is 4.12. The molecule has 0 bridgehead atoms. The topological polar surface area (TPSA) is 82.8 Å². The van der Waals surface area contributed by atoms with Gasteiger partial charge >= 0.3 is 6.03 Å². The summed E-state index contributed by atoms with van der Waals surface area (Å²) in [5.41, 5.74) is -0.688. The number of nitrogens with zero attached hydrogens (tertiary/aromatic N) is 1. The van der Waals surface area contributed by atoms with Crippen LogP contribution in [0.2, 0.25) is 0 Å². The van der Waals surface area contributed by atoms with Crippen molar-refractivity contribution < 1.29 is 23.5 Å². The molecule has 0 saturated carbocycles. The average Bonchev–Trinajstić information content (AvgIpc) is 3.00. The first-order valence-electron chi connectivity index (χ1n) is 7.88. The predicted octanol–water partition coefficient (Wildman–Crippen LogP) is 2.54. The van der Waals surface area contributed by atoms with Gasteiger partial charge in [0.15, 0.2) is 0 Å². The van der Waals surface area contributed by atoms with Crippen LogP contribution in [0.5, 0.6) is 0 Å². The lowest BCUT2D eigenvalue weighted by molar-refractivity contribution is -0.132. The third-order valence-corrected chi connectivity index (χ3v) is 4.47. The number of halogens is 1. The Labute approximate surface area is 144 Å². The van der Waals surface area contributed by atoms with Gasteiger partial charge in [0.1, 0.15) is 22.9 Å². The summed E-state index contributed by atoms with van der Waals surface area (Å²) >= 11 is 0. The summed E-state index contributed by atoms with van der Waals surface area (Å²) in [5, 5.41) is 12.9. The van der Waals surface area contributed by atoms with E-state index in [0.717, 1.165) is 4.90 Å². The minimum atomic E-state index is -1.31. The Morgan fingerprint density at radius 1 is 1.32 bits per heavy atom. The molecule has 1 aliphatic rings. The molecule has 0 aliphatic carbocycles. The highest BCUT2D eigenvalue weighted by molar-refractivity contribution is 6.07. The number of amides is 3. The number of hydrogen-bond acceptors (Lipinski definition) is 4. The van der Waals surface area contributed by atoms with Crippen LogP contribution in [0.25, 0.3) is 0 Å². The zero-order valence-electron chi connectivity index (χ0n) is 14.2. The zero-order valence-corrected chi connectivity index (χ0v) is 14.2. The van der Waals surface area contributed by atoms with Crippen molar-refractivity contribution in [3.8, 4) is 0 Å². The van der Waals surface area contributed by atoms with E-state index in [1.165, 1.54) is 18.2 Å². The van der Waals surface area contributed by atoms with Gasteiger partial charge in [-0.1, -0.05) is 18.2 Å². The Balaban J connectivity index is 1.87. The Bertz CT molecular complexity index is 847. The first-order valence-corrected chi connectivity index (χ1v) is 7.88. The number of rotatable bonds is 4. The lowest BCUT2D eigenvalue weighted by Crippen LogP contribution is -2.41. The molecular weight excluding hydrogens is 327 g/mol. The highest BCUT2D eigenvalue weighted by Crippen LogP contribution is 2.33. The van der Waals surface area contributed by atoms with Gasteiger partial charge in [0.05, 0.1) is 12.6 Å². The Morgan fingerprint density at radius 3 is 2.60 bits per heavy atom. The molecule has 6 nitrogen and oxygen atoms in total. The molecule has 2 heterocycles. The molecule has 7 heteroatoms. The summed E-state index contributed by atoms with van der Waals surface area (Å²) in [4.78, 5) is 26.1. The third-order valence-electron chi connectivity index (χ3n) is 4.47. The number of urea groups is 1. The molecule has 1 saturated heterocycles. The normalized spacial score (nSPS) is 21.6. The van der Waals surface area contributed by atoms with Gasteiger partial charge in [-0.15, -0.1) is 0 Å². The van der Waals surface area contributed by atoms with Crippen molar-refractivity contribution in [3.63, 3.8) is 0 Å². The van der Waals surface area contributed by atoms with Crippen LogP contribution in [0.15, 0.2) is 34.7 Å². The molecule has 132 valence electrons. The Morgan fingerprint density at radius 2 is 2.00 bits per heavy atom. The van der Waals surface area contributed by atoms with Gasteiger partial charge in [0, 0.05) is 11.1 Å².